The Morgan fingerprint density at radius 1 is 0.192 bits per heavy atom. The molecule has 16 rings (SSSR count). The summed E-state index contributed by atoms with van der Waals surface area (Å²) < 4.78 is 4.39. The second-order valence-corrected chi connectivity index (χ2v) is 24.9. The Balaban J connectivity index is 1.00. The molecule has 0 aliphatic heterocycles. The highest BCUT2D eigenvalue weighted by Gasteiger charge is 2.25. The lowest BCUT2D eigenvalue weighted by Crippen LogP contribution is -2.04. The van der Waals surface area contributed by atoms with Gasteiger partial charge in [-0.1, -0.05) is 109 Å². The average Bonchev–Trinajstić information content (AvgIpc) is 1.56. The molecule has 0 saturated carbocycles. The molecule has 3 heterocycles. The Hall–Kier alpha value is -16.1. The number of benzene rings is 13. The van der Waals surface area contributed by atoms with E-state index >= 15 is 0 Å². The number of nitrogens with zero attached hydrogens (tertiary/aromatic N) is 14. The van der Waals surface area contributed by atoms with Crippen LogP contribution in [0.2, 0.25) is 0 Å². The quantitative estimate of drug-likeness (QED) is 0.117. The molecular weight excluding hydrogens is 1280 g/mol. The highest BCUT2D eigenvalue weighted by atomic mass is 15.1. The van der Waals surface area contributed by atoms with E-state index in [4.69, 9.17) is 15.0 Å². The molecule has 474 valence electrons. The summed E-state index contributed by atoms with van der Waals surface area (Å²) in [5, 5.41) is 94.6. The van der Waals surface area contributed by atoms with Gasteiger partial charge in [0, 0.05) is 43.8 Å². The molecule has 0 fully saturated rings. The minimum Gasteiger partial charge on any atom is -0.309 e. The predicted molar refractivity (Wildman–Crippen MR) is 400 cm³/mol. The zero-order valence-electron chi connectivity index (χ0n) is 54.7. The van der Waals surface area contributed by atoms with Gasteiger partial charge in [-0.3, -0.25) is 0 Å². The molecule has 0 radical (unpaired) electrons. The van der Waals surface area contributed by atoms with Crippen LogP contribution in [-0.4, -0.2) is 24.1 Å². The lowest BCUT2D eigenvalue weighted by Gasteiger charge is -2.19. The van der Waals surface area contributed by atoms with Crippen molar-refractivity contribution in [3.63, 3.8) is 0 Å². The second-order valence-electron chi connectivity index (χ2n) is 24.9. The van der Waals surface area contributed by atoms with Crippen LogP contribution >= 0.6 is 0 Å². The van der Waals surface area contributed by atoms with Gasteiger partial charge in [0.1, 0.15) is 0 Å². The molecule has 0 atom stereocenters. The number of nitriles is 9. The molecule has 0 amide bonds. The van der Waals surface area contributed by atoms with Gasteiger partial charge in [0.15, 0.2) is 17.5 Å². The van der Waals surface area contributed by atoms with Gasteiger partial charge in [-0.05, 0) is 219 Å². The summed E-state index contributed by atoms with van der Waals surface area (Å²) in [6, 6.07) is 104. The molecular formula is C90H44N14. The SMILES string of the molecule is N#Cc1ccc(-c2ccc(-n3c4ccc(-c5cc(C#N)cc(C#N)c5)cc4c4cc(-c5cc(C#N)cc(C#N)c5)ccc43)c(-c3ccc(-n4c5ccc(-c6cc(C#N)cc(C#N)c6)cc5c5cc(-c6cc(C#N)cc(C#N)c6)ccc54)c(-c4nc(-c5ccccc5)nc(-c5ccccc5)n4)c3)c2)cc1. The van der Waals surface area contributed by atoms with Crippen LogP contribution < -0.4 is 0 Å². The van der Waals surface area contributed by atoms with Gasteiger partial charge in [-0.25, -0.2) is 15.0 Å². The fourth-order valence-corrected chi connectivity index (χ4v) is 13.9. The monoisotopic (exact) mass is 1320 g/mol. The van der Waals surface area contributed by atoms with Crippen molar-refractivity contribution in [2.75, 3.05) is 0 Å². The zero-order valence-corrected chi connectivity index (χ0v) is 54.7. The topological polar surface area (TPSA) is 263 Å². The molecule has 0 bridgehead atoms. The Morgan fingerprint density at radius 2 is 0.462 bits per heavy atom. The van der Waals surface area contributed by atoms with Crippen LogP contribution in [0.3, 0.4) is 0 Å². The lowest BCUT2D eigenvalue weighted by molar-refractivity contribution is 1.06. The van der Waals surface area contributed by atoms with Crippen molar-refractivity contribution in [3.05, 3.63) is 317 Å². The van der Waals surface area contributed by atoms with Crippen LogP contribution in [0.5, 0.6) is 0 Å². The molecule has 0 unspecified atom stereocenters. The first-order chi connectivity index (χ1) is 51.0. The van der Waals surface area contributed by atoms with E-state index < -0.39 is 0 Å². The minimum absolute atomic E-state index is 0.332. The molecule has 14 heteroatoms. The summed E-state index contributed by atoms with van der Waals surface area (Å²) in [6.45, 7) is 0. The van der Waals surface area contributed by atoms with Gasteiger partial charge in [-0.15, -0.1) is 0 Å². The Labute approximate surface area is 595 Å². The Kier molecular flexibility index (Phi) is 15.7. The van der Waals surface area contributed by atoms with E-state index in [0.29, 0.717) is 101 Å². The largest absolute Gasteiger partial charge is 0.309 e. The normalized spacial score (nSPS) is 10.8. The predicted octanol–water partition coefficient (Wildman–Crippen LogP) is 19.9. The van der Waals surface area contributed by atoms with E-state index in [2.05, 4.69) is 124 Å². The molecule has 0 spiro atoms. The second kappa shape index (κ2) is 26.0. The summed E-state index contributed by atoms with van der Waals surface area (Å²) in [7, 11) is 0. The maximum atomic E-state index is 10.2. The van der Waals surface area contributed by atoms with Crippen LogP contribution in [0.15, 0.2) is 267 Å². The number of rotatable bonds is 11. The van der Waals surface area contributed by atoms with Crippen LogP contribution in [0.1, 0.15) is 50.1 Å². The van der Waals surface area contributed by atoms with Gasteiger partial charge in [-0.2, -0.15) is 47.4 Å². The molecule has 0 saturated heterocycles. The van der Waals surface area contributed by atoms with Crippen molar-refractivity contribution >= 4 is 43.6 Å². The molecule has 3 aromatic heterocycles. The maximum absolute atomic E-state index is 10.2. The maximum Gasteiger partial charge on any atom is 0.166 e. The first-order valence-electron chi connectivity index (χ1n) is 32.7. The van der Waals surface area contributed by atoms with Crippen molar-refractivity contribution in [2.24, 2.45) is 0 Å². The lowest BCUT2D eigenvalue weighted by atomic mass is 9.94. The number of aromatic nitrogens is 5. The van der Waals surface area contributed by atoms with Crippen LogP contribution in [-0.2, 0) is 0 Å². The smallest absolute Gasteiger partial charge is 0.166 e. The molecule has 104 heavy (non-hydrogen) atoms. The fraction of sp³-hybridized carbons (Fsp3) is 0. The Morgan fingerprint density at radius 3 is 0.788 bits per heavy atom. The Bertz CT molecular complexity index is 6320. The number of hydrogen-bond donors (Lipinski definition) is 0. The average molecular weight is 1320 g/mol. The molecule has 16 aromatic rings. The van der Waals surface area contributed by atoms with Gasteiger partial charge >= 0.3 is 0 Å². The summed E-state index contributed by atoms with van der Waals surface area (Å²) in [6.07, 6.45) is 0. The summed E-state index contributed by atoms with van der Waals surface area (Å²) >= 11 is 0. The molecule has 0 N–H and O–H groups in total. The molecule has 0 aliphatic rings. The highest BCUT2D eigenvalue weighted by molar-refractivity contribution is 6.14. The summed E-state index contributed by atoms with van der Waals surface area (Å²) in [4.78, 5) is 16.0. The first kappa shape index (κ1) is 62.7. The van der Waals surface area contributed by atoms with Crippen LogP contribution in [0.25, 0.3) is 156 Å². The van der Waals surface area contributed by atoms with E-state index in [9.17, 15) is 47.4 Å². The third-order valence-electron chi connectivity index (χ3n) is 18.7. The summed E-state index contributed by atoms with van der Waals surface area (Å²) in [5.74, 6) is 1.19. The van der Waals surface area contributed by atoms with Crippen LogP contribution in [0, 0.1) is 102 Å². The van der Waals surface area contributed by atoms with Crippen molar-refractivity contribution in [2.45, 2.75) is 0 Å². The standard InChI is InChI=1S/C90H44N14/c91-45-54-11-13-63(14-12-54)66-15-21-82(103-83-22-16-67(72-31-55(46-92)27-56(32-72)47-93)40-77(83)78-41-68(17-23-84(78)103)73-33-57(48-94)28-58(34-73)49-95)76(39-66)71-20-26-87(81(44-71)90-101-88(64-7-3-1-4-8-64)100-89(102-90)65-9-5-2-6-10-65)104-85-24-18-69(74-35-59(50-96)29-60(36-74)51-97)42-79(85)80-43-70(19-25-86(80)104)75-37-61(52-98)30-62(38-75)53-99/h1-44H. The van der Waals surface area contributed by atoms with Gasteiger partial charge in [0.25, 0.3) is 0 Å². The number of hydrogen-bond acceptors (Lipinski definition) is 12. The molecule has 13 aromatic carbocycles. The molecule has 14 nitrogen and oxygen atoms in total. The van der Waals surface area contributed by atoms with Crippen molar-refractivity contribution in [1.29, 1.82) is 47.4 Å². The van der Waals surface area contributed by atoms with E-state index in [-0.39, 0.29) is 0 Å². The minimum atomic E-state index is 0.332. The van der Waals surface area contributed by atoms with Crippen LogP contribution in [0.4, 0.5) is 0 Å². The summed E-state index contributed by atoms with van der Waals surface area (Å²) in [5.41, 5.74) is 18.8. The molecule has 0 aliphatic carbocycles. The van der Waals surface area contributed by atoms with Gasteiger partial charge in [0.2, 0.25) is 0 Å². The third-order valence-corrected chi connectivity index (χ3v) is 18.7. The van der Waals surface area contributed by atoms with Crippen molar-refractivity contribution in [1.82, 2.24) is 24.1 Å². The van der Waals surface area contributed by atoms with Gasteiger partial charge < -0.3 is 9.13 Å². The zero-order chi connectivity index (χ0) is 71.1. The van der Waals surface area contributed by atoms with E-state index in [1.807, 2.05) is 121 Å². The first-order valence-corrected chi connectivity index (χ1v) is 32.7. The van der Waals surface area contributed by atoms with E-state index in [0.717, 1.165) is 105 Å². The fourth-order valence-electron chi connectivity index (χ4n) is 13.9. The van der Waals surface area contributed by atoms with Crippen molar-refractivity contribution in [3.8, 4) is 167 Å². The van der Waals surface area contributed by atoms with Crippen molar-refractivity contribution < 1.29 is 0 Å². The highest BCUT2D eigenvalue weighted by Crippen LogP contribution is 2.46. The van der Waals surface area contributed by atoms with E-state index in [1.54, 1.807) is 84.9 Å². The number of fused-ring (bicyclic) bond motifs is 6. The van der Waals surface area contributed by atoms with E-state index in [1.165, 1.54) is 0 Å². The van der Waals surface area contributed by atoms with Gasteiger partial charge in [0.05, 0.1) is 138 Å². The third kappa shape index (κ3) is 11.3.